The molecule has 0 aromatic heterocycles. The Kier molecular flexibility index (Phi) is 5.40. The first-order chi connectivity index (χ1) is 9.15. The van der Waals surface area contributed by atoms with Crippen LogP contribution in [-0.2, 0) is 11.2 Å². The lowest BCUT2D eigenvalue weighted by atomic mass is 9.94. The molecule has 0 radical (unpaired) electrons. The molecule has 19 heavy (non-hydrogen) atoms. The minimum atomic E-state index is 0.156. The number of amides is 1. The topological polar surface area (TPSA) is 41.1 Å². The van der Waals surface area contributed by atoms with Crippen molar-refractivity contribution in [1.29, 1.82) is 0 Å². The third-order valence-electron chi connectivity index (χ3n) is 3.73. The van der Waals surface area contributed by atoms with Gasteiger partial charge in [0, 0.05) is 23.5 Å². The second-order valence-corrected chi connectivity index (χ2v) is 6.19. The molecular formula is C15H21BrN2O. The number of carbonyl (C=O) groups is 1. The summed E-state index contributed by atoms with van der Waals surface area (Å²) in [7, 11) is 0. The van der Waals surface area contributed by atoms with Gasteiger partial charge in [0.05, 0.1) is 0 Å². The normalized spacial score (nSPS) is 23.1. The van der Waals surface area contributed by atoms with Gasteiger partial charge in [-0.25, -0.2) is 0 Å². The maximum Gasteiger partial charge on any atom is 0.220 e. The van der Waals surface area contributed by atoms with Crippen molar-refractivity contribution in [3.63, 3.8) is 0 Å². The van der Waals surface area contributed by atoms with Gasteiger partial charge in [-0.05, 0) is 43.0 Å². The molecule has 0 spiro atoms. The number of aryl methyl sites for hydroxylation is 1. The van der Waals surface area contributed by atoms with Crippen LogP contribution < -0.4 is 10.6 Å². The van der Waals surface area contributed by atoms with Crippen LogP contribution in [0.25, 0.3) is 0 Å². The van der Waals surface area contributed by atoms with Gasteiger partial charge < -0.3 is 10.6 Å². The number of rotatable bonds is 4. The summed E-state index contributed by atoms with van der Waals surface area (Å²) in [5.41, 5.74) is 1.20. The second kappa shape index (κ2) is 7.06. The van der Waals surface area contributed by atoms with Crippen LogP contribution in [0.2, 0.25) is 0 Å². The summed E-state index contributed by atoms with van der Waals surface area (Å²) in [6, 6.07) is 8.43. The first-order valence-electron chi connectivity index (χ1n) is 6.89. The molecule has 2 atom stereocenters. The van der Waals surface area contributed by atoms with Crippen molar-refractivity contribution in [3.8, 4) is 0 Å². The Labute approximate surface area is 123 Å². The van der Waals surface area contributed by atoms with Crippen LogP contribution in [0, 0.1) is 5.92 Å². The van der Waals surface area contributed by atoms with Gasteiger partial charge in [0.2, 0.25) is 5.91 Å². The van der Waals surface area contributed by atoms with E-state index in [0.29, 0.717) is 12.3 Å². The molecule has 104 valence electrons. The van der Waals surface area contributed by atoms with Gasteiger partial charge in [0.15, 0.2) is 0 Å². The molecular weight excluding hydrogens is 304 g/mol. The number of benzene rings is 1. The zero-order chi connectivity index (χ0) is 13.7. The Morgan fingerprint density at radius 1 is 1.42 bits per heavy atom. The Balaban J connectivity index is 1.76. The maximum atomic E-state index is 11.9. The predicted octanol–water partition coefficient (Wildman–Crippen LogP) is 2.50. The van der Waals surface area contributed by atoms with E-state index in [1.54, 1.807) is 0 Å². The molecule has 1 heterocycles. The Morgan fingerprint density at radius 3 is 2.84 bits per heavy atom. The van der Waals surface area contributed by atoms with Gasteiger partial charge in [-0.1, -0.05) is 35.0 Å². The van der Waals surface area contributed by atoms with E-state index >= 15 is 0 Å². The standard InChI is InChI=1S/C15H21BrN2O/c1-11-8-9-17-10-14(11)18-15(19)7-4-12-2-5-13(16)6-3-12/h2-3,5-6,11,14,17H,4,7-10H2,1H3,(H,18,19). The fourth-order valence-corrected chi connectivity index (χ4v) is 2.64. The van der Waals surface area contributed by atoms with Gasteiger partial charge in [-0.15, -0.1) is 0 Å². The SMILES string of the molecule is CC1CCNCC1NC(=O)CCc1ccc(Br)cc1. The Hall–Kier alpha value is -0.870. The van der Waals surface area contributed by atoms with E-state index in [9.17, 15) is 4.79 Å². The monoisotopic (exact) mass is 324 g/mol. The molecule has 0 bridgehead atoms. The van der Waals surface area contributed by atoms with E-state index in [1.807, 2.05) is 12.1 Å². The highest BCUT2D eigenvalue weighted by Gasteiger charge is 2.22. The molecule has 1 fully saturated rings. The van der Waals surface area contributed by atoms with Crippen LogP contribution in [0.15, 0.2) is 28.7 Å². The number of hydrogen-bond acceptors (Lipinski definition) is 2. The molecule has 1 aliphatic heterocycles. The zero-order valence-electron chi connectivity index (χ0n) is 11.3. The molecule has 0 aliphatic carbocycles. The highest BCUT2D eigenvalue weighted by molar-refractivity contribution is 9.10. The molecule has 1 saturated heterocycles. The second-order valence-electron chi connectivity index (χ2n) is 5.27. The molecule has 0 saturated carbocycles. The molecule has 2 unspecified atom stereocenters. The van der Waals surface area contributed by atoms with E-state index in [2.05, 4.69) is 45.6 Å². The number of piperidine rings is 1. The number of carbonyl (C=O) groups excluding carboxylic acids is 1. The number of hydrogen-bond donors (Lipinski definition) is 2. The van der Waals surface area contributed by atoms with Crippen molar-refractivity contribution in [1.82, 2.24) is 10.6 Å². The molecule has 2 N–H and O–H groups in total. The first kappa shape index (κ1) is 14.5. The third-order valence-corrected chi connectivity index (χ3v) is 4.26. The summed E-state index contributed by atoms with van der Waals surface area (Å²) in [6.45, 7) is 4.16. The largest absolute Gasteiger partial charge is 0.352 e. The fourth-order valence-electron chi connectivity index (χ4n) is 2.37. The van der Waals surface area contributed by atoms with Crippen molar-refractivity contribution >= 4 is 21.8 Å². The maximum absolute atomic E-state index is 11.9. The molecule has 3 nitrogen and oxygen atoms in total. The Bertz CT molecular complexity index is 419. The molecule has 1 aliphatic rings. The molecule has 2 rings (SSSR count). The summed E-state index contributed by atoms with van der Waals surface area (Å²) in [4.78, 5) is 11.9. The minimum Gasteiger partial charge on any atom is -0.352 e. The number of halogens is 1. The van der Waals surface area contributed by atoms with Crippen LogP contribution in [-0.4, -0.2) is 25.0 Å². The quantitative estimate of drug-likeness (QED) is 0.893. The highest BCUT2D eigenvalue weighted by atomic mass is 79.9. The van der Waals surface area contributed by atoms with Gasteiger partial charge in [-0.3, -0.25) is 4.79 Å². The molecule has 1 amide bonds. The van der Waals surface area contributed by atoms with Gasteiger partial charge in [-0.2, -0.15) is 0 Å². The average molecular weight is 325 g/mol. The van der Waals surface area contributed by atoms with Crippen molar-refractivity contribution < 1.29 is 4.79 Å². The van der Waals surface area contributed by atoms with E-state index in [1.165, 1.54) is 5.56 Å². The van der Waals surface area contributed by atoms with Crippen molar-refractivity contribution in [2.75, 3.05) is 13.1 Å². The summed E-state index contributed by atoms with van der Waals surface area (Å²) in [5, 5.41) is 6.47. The van der Waals surface area contributed by atoms with Gasteiger partial charge in [0.25, 0.3) is 0 Å². The summed E-state index contributed by atoms with van der Waals surface area (Å²) in [6.07, 6.45) is 2.50. The Morgan fingerprint density at radius 2 is 2.16 bits per heavy atom. The van der Waals surface area contributed by atoms with Crippen molar-refractivity contribution in [2.45, 2.75) is 32.2 Å². The van der Waals surface area contributed by atoms with Crippen LogP contribution in [0.4, 0.5) is 0 Å². The van der Waals surface area contributed by atoms with Crippen molar-refractivity contribution in [3.05, 3.63) is 34.3 Å². The molecule has 4 heteroatoms. The van der Waals surface area contributed by atoms with E-state index in [-0.39, 0.29) is 11.9 Å². The first-order valence-corrected chi connectivity index (χ1v) is 7.69. The molecule has 1 aromatic rings. The van der Waals surface area contributed by atoms with E-state index in [0.717, 1.165) is 30.4 Å². The van der Waals surface area contributed by atoms with Gasteiger partial charge in [0.1, 0.15) is 0 Å². The van der Waals surface area contributed by atoms with E-state index < -0.39 is 0 Å². The lowest BCUT2D eigenvalue weighted by molar-refractivity contribution is -0.122. The van der Waals surface area contributed by atoms with E-state index in [4.69, 9.17) is 0 Å². The van der Waals surface area contributed by atoms with Gasteiger partial charge >= 0.3 is 0 Å². The van der Waals surface area contributed by atoms with Crippen LogP contribution in [0.5, 0.6) is 0 Å². The van der Waals surface area contributed by atoms with Crippen LogP contribution in [0.1, 0.15) is 25.3 Å². The average Bonchev–Trinajstić information content (AvgIpc) is 2.41. The van der Waals surface area contributed by atoms with Crippen LogP contribution >= 0.6 is 15.9 Å². The highest BCUT2D eigenvalue weighted by Crippen LogP contribution is 2.13. The third kappa shape index (κ3) is 4.62. The fraction of sp³-hybridized carbons (Fsp3) is 0.533. The lowest BCUT2D eigenvalue weighted by Crippen LogP contribution is -2.50. The van der Waals surface area contributed by atoms with Crippen LogP contribution in [0.3, 0.4) is 0 Å². The predicted molar refractivity (Wildman–Crippen MR) is 81.0 cm³/mol. The summed E-state index contributed by atoms with van der Waals surface area (Å²) >= 11 is 3.41. The summed E-state index contributed by atoms with van der Waals surface area (Å²) < 4.78 is 1.07. The minimum absolute atomic E-state index is 0.156. The van der Waals surface area contributed by atoms with Crippen molar-refractivity contribution in [2.24, 2.45) is 5.92 Å². The molecule has 1 aromatic carbocycles. The number of nitrogens with one attached hydrogen (secondary N) is 2. The zero-order valence-corrected chi connectivity index (χ0v) is 12.9. The lowest BCUT2D eigenvalue weighted by Gasteiger charge is -2.30. The smallest absolute Gasteiger partial charge is 0.220 e. The summed E-state index contributed by atoms with van der Waals surface area (Å²) in [5.74, 6) is 0.723.